The maximum Gasteiger partial charge on any atom is 0.250 e. The highest BCUT2D eigenvalue weighted by molar-refractivity contribution is 6.28. The molecule has 1 aromatic rings. The van der Waals surface area contributed by atoms with E-state index in [0.29, 0.717) is 24.0 Å². The molecule has 1 saturated heterocycles. The smallest absolute Gasteiger partial charge is 0.250 e. The van der Waals surface area contributed by atoms with Crippen molar-refractivity contribution in [2.75, 3.05) is 18.4 Å². The van der Waals surface area contributed by atoms with E-state index in [1.54, 1.807) is 18.2 Å². The molecule has 1 aromatic carbocycles. The van der Waals surface area contributed by atoms with Gasteiger partial charge in [-0.3, -0.25) is 10.2 Å². The van der Waals surface area contributed by atoms with Crippen LogP contribution in [0.15, 0.2) is 53.8 Å². The summed E-state index contributed by atoms with van der Waals surface area (Å²) in [7, 11) is 0. The Morgan fingerprint density at radius 2 is 2.23 bits per heavy atom. The second-order valence-electron chi connectivity index (χ2n) is 6.36. The minimum Gasteiger partial charge on any atom is -0.366 e. The summed E-state index contributed by atoms with van der Waals surface area (Å²) in [4.78, 5) is 11.3. The number of carbonyl (C=O) groups is 1. The van der Waals surface area contributed by atoms with Gasteiger partial charge >= 0.3 is 0 Å². The predicted octanol–water partition coefficient (Wildman–Crippen LogP) is 2.67. The normalized spacial score (nSPS) is 24.5. The van der Waals surface area contributed by atoms with Crippen LogP contribution in [0.4, 0.5) is 14.5 Å². The Bertz CT molecular complexity index is 836. The number of halogens is 2. The van der Waals surface area contributed by atoms with Crippen molar-refractivity contribution in [1.29, 1.82) is 5.41 Å². The average molecular weight is 358 g/mol. The number of allylic oxidation sites excluding steroid dienone is 4. The van der Waals surface area contributed by atoms with Crippen LogP contribution in [0.2, 0.25) is 0 Å². The van der Waals surface area contributed by atoms with Crippen molar-refractivity contribution in [3.63, 3.8) is 0 Å². The largest absolute Gasteiger partial charge is 0.366 e. The van der Waals surface area contributed by atoms with Crippen molar-refractivity contribution in [1.82, 2.24) is 5.32 Å². The van der Waals surface area contributed by atoms with Gasteiger partial charge in [0.15, 0.2) is 0 Å². The first-order chi connectivity index (χ1) is 12.4. The maximum atomic E-state index is 14.9. The number of alkyl halides is 1. The molecular weight excluding hydrogens is 338 g/mol. The number of piperidine rings is 1. The lowest BCUT2D eigenvalue weighted by Gasteiger charge is -2.30. The van der Waals surface area contributed by atoms with Gasteiger partial charge in [0, 0.05) is 18.3 Å². The SMILES string of the molecule is N=C1C(C(N)=O)=CC=C/C1=C/Nc1ccc(C2(F)CCCNC2)cc1F. The number of anilines is 1. The molecule has 1 atom stereocenters. The second kappa shape index (κ2) is 7.21. The second-order valence-corrected chi connectivity index (χ2v) is 6.36. The van der Waals surface area contributed by atoms with Crippen LogP contribution < -0.4 is 16.4 Å². The van der Waals surface area contributed by atoms with Crippen molar-refractivity contribution in [2.24, 2.45) is 5.73 Å². The molecule has 0 radical (unpaired) electrons. The summed E-state index contributed by atoms with van der Waals surface area (Å²) in [5.41, 5.74) is 4.56. The molecule has 0 saturated carbocycles. The van der Waals surface area contributed by atoms with E-state index in [2.05, 4.69) is 10.6 Å². The monoisotopic (exact) mass is 358 g/mol. The molecule has 1 unspecified atom stereocenters. The number of rotatable bonds is 4. The van der Waals surface area contributed by atoms with E-state index in [1.165, 1.54) is 24.4 Å². The van der Waals surface area contributed by atoms with Crippen LogP contribution in [0.3, 0.4) is 0 Å². The Morgan fingerprint density at radius 3 is 2.88 bits per heavy atom. The third-order valence-corrected chi connectivity index (χ3v) is 4.56. The highest BCUT2D eigenvalue weighted by Gasteiger charge is 2.34. The van der Waals surface area contributed by atoms with Gasteiger partial charge in [0.25, 0.3) is 5.91 Å². The van der Waals surface area contributed by atoms with Crippen molar-refractivity contribution in [3.05, 3.63) is 65.2 Å². The number of primary amides is 1. The van der Waals surface area contributed by atoms with Gasteiger partial charge in [-0.1, -0.05) is 18.2 Å². The zero-order valence-corrected chi connectivity index (χ0v) is 14.1. The van der Waals surface area contributed by atoms with Gasteiger partial charge in [0.2, 0.25) is 0 Å². The van der Waals surface area contributed by atoms with Crippen LogP contribution in [0.1, 0.15) is 18.4 Å². The zero-order valence-electron chi connectivity index (χ0n) is 14.1. The molecule has 1 amide bonds. The number of hydrogen-bond acceptors (Lipinski definition) is 4. The molecule has 136 valence electrons. The van der Waals surface area contributed by atoms with Crippen LogP contribution in [0, 0.1) is 11.2 Å². The van der Waals surface area contributed by atoms with Gasteiger partial charge in [-0.2, -0.15) is 0 Å². The first-order valence-electron chi connectivity index (χ1n) is 8.34. The lowest BCUT2D eigenvalue weighted by molar-refractivity contribution is -0.114. The predicted molar refractivity (Wildman–Crippen MR) is 97.1 cm³/mol. The molecule has 0 aromatic heterocycles. The van der Waals surface area contributed by atoms with Crippen LogP contribution in [0.5, 0.6) is 0 Å². The van der Waals surface area contributed by atoms with Crippen molar-refractivity contribution >= 4 is 17.3 Å². The van der Waals surface area contributed by atoms with Gasteiger partial charge < -0.3 is 16.4 Å². The zero-order chi connectivity index (χ0) is 18.7. The molecule has 2 aliphatic rings. The Labute approximate surface area is 150 Å². The fourth-order valence-electron chi connectivity index (χ4n) is 3.08. The van der Waals surface area contributed by atoms with E-state index in [0.717, 1.165) is 6.54 Å². The summed E-state index contributed by atoms with van der Waals surface area (Å²) in [6.07, 6.45) is 7.14. The summed E-state index contributed by atoms with van der Waals surface area (Å²) < 4.78 is 29.3. The topological polar surface area (TPSA) is 91.0 Å². The van der Waals surface area contributed by atoms with Crippen molar-refractivity contribution in [2.45, 2.75) is 18.5 Å². The highest BCUT2D eigenvalue weighted by atomic mass is 19.1. The van der Waals surface area contributed by atoms with Crippen LogP contribution >= 0.6 is 0 Å². The molecule has 26 heavy (non-hydrogen) atoms. The molecule has 5 N–H and O–H groups in total. The van der Waals surface area contributed by atoms with E-state index >= 15 is 0 Å². The Kier molecular flexibility index (Phi) is 4.99. The number of nitrogens with two attached hydrogens (primary N) is 1. The van der Waals surface area contributed by atoms with E-state index in [4.69, 9.17) is 11.1 Å². The van der Waals surface area contributed by atoms with E-state index < -0.39 is 17.4 Å². The molecule has 1 fully saturated rings. The molecule has 0 bridgehead atoms. The van der Waals surface area contributed by atoms with Gasteiger partial charge in [0.05, 0.1) is 17.0 Å². The van der Waals surface area contributed by atoms with Crippen LogP contribution in [0.25, 0.3) is 0 Å². The quantitative estimate of drug-likeness (QED) is 0.667. The fraction of sp³-hybridized carbons (Fsp3) is 0.263. The van der Waals surface area contributed by atoms with Crippen molar-refractivity contribution in [3.8, 4) is 0 Å². The van der Waals surface area contributed by atoms with Crippen molar-refractivity contribution < 1.29 is 13.6 Å². The van der Waals surface area contributed by atoms with E-state index in [9.17, 15) is 13.6 Å². The molecule has 5 nitrogen and oxygen atoms in total. The molecule has 1 heterocycles. The van der Waals surface area contributed by atoms with Gasteiger partial charge in [0.1, 0.15) is 11.5 Å². The summed E-state index contributed by atoms with van der Waals surface area (Å²) >= 11 is 0. The summed E-state index contributed by atoms with van der Waals surface area (Å²) in [6, 6.07) is 4.23. The molecular formula is C19H20F2N4O. The lowest BCUT2D eigenvalue weighted by Crippen LogP contribution is -2.40. The minimum absolute atomic E-state index is 0.0412. The fourth-order valence-corrected chi connectivity index (χ4v) is 3.08. The Balaban J connectivity index is 1.77. The highest BCUT2D eigenvalue weighted by Crippen LogP contribution is 2.34. The van der Waals surface area contributed by atoms with E-state index in [-0.39, 0.29) is 23.5 Å². The minimum atomic E-state index is -1.56. The standard InChI is InChI=1S/C19H20F2N4O/c20-15-9-13(19(21)7-2-8-24-11-19)5-6-16(15)25-10-12-3-1-4-14(17(12)22)18(23)26/h1,3-6,9-10,22,24-25H,2,7-8,11H2,(H2,23,26)/b12-10-,22-17?. The molecule has 7 heteroatoms. The third-order valence-electron chi connectivity index (χ3n) is 4.56. The first kappa shape index (κ1) is 18.0. The van der Waals surface area contributed by atoms with Gasteiger partial charge in [-0.25, -0.2) is 8.78 Å². The van der Waals surface area contributed by atoms with Crippen LogP contribution in [-0.2, 0) is 10.5 Å². The third kappa shape index (κ3) is 3.57. The Hall–Kier alpha value is -2.80. The van der Waals surface area contributed by atoms with Gasteiger partial charge in [-0.15, -0.1) is 0 Å². The molecule has 0 spiro atoms. The number of hydrogen-bond donors (Lipinski definition) is 4. The molecule has 1 aliphatic heterocycles. The number of amides is 1. The average Bonchev–Trinajstić information content (AvgIpc) is 2.62. The van der Waals surface area contributed by atoms with Gasteiger partial charge in [-0.05, 0) is 43.2 Å². The number of benzene rings is 1. The van der Waals surface area contributed by atoms with E-state index in [1.807, 2.05) is 0 Å². The summed E-state index contributed by atoms with van der Waals surface area (Å²) in [5, 5.41) is 13.7. The lowest BCUT2D eigenvalue weighted by atomic mass is 9.88. The number of nitrogens with one attached hydrogen (secondary N) is 3. The maximum absolute atomic E-state index is 14.9. The molecule has 3 rings (SSSR count). The summed E-state index contributed by atoms with van der Waals surface area (Å²) in [6.45, 7) is 0.941. The number of carbonyl (C=O) groups excluding carboxylic acids is 1. The first-order valence-corrected chi connectivity index (χ1v) is 8.34. The van der Waals surface area contributed by atoms with Crippen LogP contribution in [-0.4, -0.2) is 24.7 Å². The molecule has 1 aliphatic carbocycles. The summed E-state index contributed by atoms with van der Waals surface area (Å²) in [5.74, 6) is -1.28. The Morgan fingerprint density at radius 1 is 1.42 bits per heavy atom.